The summed E-state index contributed by atoms with van der Waals surface area (Å²) in [5.41, 5.74) is 3.72. The number of halogens is 8. The number of nitrogens with two attached hydrogens (primary N) is 1. The van der Waals surface area contributed by atoms with Crippen LogP contribution in [-0.2, 0) is 4.74 Å². The first-order valence-corrected chi connectivity index (χ1v) is 16.4. The third-order valence-corrected chi connectivity index (χ3v) is 8.54. The topological polar surface area (TPSA) is 146 Å². The molecular formula is C34H35F8N9O3. The second kappa shape index (κ2) is 15.4. The lowest BCUT2D eigenvalue weighted by Crippen LogP contribution is -2.49. The third-order valence-electron chi connectivity index (χ3n) is 8.54. The van der Waals surface area contributed by atoms with Crippen LogP contribution < -0.4 is 11.1 Å². The number of aromatic nitrogens is 5. The predicted octanol–water partition coefficient (Wildman–Crippen LogP) is 7.36. The van der Waals surface area contributed by atoms with E-state index in [1.807, 2.05) is 26.1 Å². The van der Waals surface area contributed by atoms with Gasteiger partial charge in [-0.2, -0.15) is 32.1 Å². The average molecular weight is 770 g/mol. The summed E-state index contributed by atoms with van der Waals surface area (Å²) in [5.74, 6) is -3.28. The van der Waals surface area contributed by atoms with Crippen LogP contribution in [0.5, 0.6) is 0 Å². The number of carbonyl (C=O) groups is 2. The van der Waals surface area contributed by atoms with E-state index in [2.05, 4.69) is 20.2 Å². The molecule has 1 atom stereocenters. The number of carbonyl (C=O) groups excluding carboxylic acids is 2. The number of rotatable bonds is 12. The Hall–Kier alpha value is -5.56. The van der Waals surface area contributed by atoms with E-state index in [0.29, 0.717) is 26.9 Å². The van der Waals surface area contributed by atoms with Gasteiger partial charge >= 0.3 is 18.8 Å². The van der Waals surface area contributed by atoms with Gasteiger partial charge in [-0.3, -0.25) is 14.7 Å². The second-order valence-corrected chi connectivity index (χ2v) is 13.7. The van der Waals surface area contributed by atoms with Gasteiger partial charge in [0.1, 0.15) is 30.0 Å². The van der Waals surface area contributed by atoms with Crippen LogP contribution in [0, 0.1) is 11.2 Å². The summed E-state index contributed by atoms with van der Waals surface area (Å²) in [7, 11) is 0. The summed E-state index contributed by atoms with van der Waals surface area (Å²) >= 11 is 0. The van der Waals surface area contributed by atoms with Crippen molar-refractivity contribution >= 4 is 18.0 Å². The first-order chi connectivity index (χ1) is 25.3. The standard InChI is InChI=1S/C34H35F8N9O3/c1-32(2,3)12-13-44-30(43)50(28(52)20-6-4-19(5-7-20)22-15-46-49(16-22)29(38)39)25(17-54-31(53)48-33(10-11-33)34(40,41)42)21-8-9-23(35)24(14-21)51-27(26(36)37)45-18-47-51/h4-9,14-16,18,25-26,29H,10-13,17H2,1-3H3,(H2,43,44)(H,48,53)/t25-/m1/s1. The zero-order valence-corrected chi connectivity index (χ0v) is 29.0. The molecule has 2 amide bonds. The number of amides is 2. The van der Waals surface area contributed by atoms with Crippen molar-refractivity contribution in [3.05, 3.63) is 84.0 Å². The van der Waals surface area contributed by atoms with Gasteiger partial charge in [0.15, 0.2) is 11.8 Å². The Morgan fingerprint density at radius 3 is 2.30 bits per heavy atom. The van der Waals surface area contributed by atoms with Crippen LogP contribution >= 0.6 is 0 Å². The van der Waals surface area contributed by atoms with E-state index in [0.717, 1.165) is 35.6 Å². The first-order valence-electron chi connectivity index (χ1n) is 16.4. The summed E-state index contributed by atoms with van der Waals surface area (Å²) in [6.45, 7) is 2.09. The third kappa shape index (κ3) is 8.96. The van der Waals surface area contributed by atoms with E-state index >= 15 is 4.39 Å². The maximum Gasteiger partial charge on any atom is 0.411 e. The average Bonchev–Trinajstić information content (AvgIpc) is 3.47. The zero-order chi connectivity index (χ0) is 39.6. The number of nitrogens with one attached hydrogen (secondary N) is 1. The van der Waals surface area contributed by atoms with Crippen molar-refractivity contribution < 1.29 is 49.4 Å². The Morgan fingerprint density at radius 2 is 1.72 bits per heavy atom. The van der Waals surface area contributed by atoms with Crippen molar-refractivity contribution in [3.63, 3.8) is 0 Å². The molecule has 0 saturated heterocycles. The van der Waals surface area contributed by atoms with Crippen LogP contribution in [-0.4, -0.2) is 72.3 Å². The molecule has 1 fully saturated rings. The normalized spacial score (nSPS) is 15.0. The molecule has 290 valence electrons. The highest BCUT2D eigenvalue weighted by Crippen LogP contribution is 2.49. The Labute approximate surface area is 303 Å². The van der Waals surface area contributed by atoms with E-state index in [1.165, 1.54) is 30.5 Å². The zero-order valence-electron chi connectivity index (χ0n) is 29.0. The lowest BCUT2D eigenvalue weighted by molar-refractivity contribution is -0.164. The molecule has 2 aromatic carbocycles. The van der Waals surface area contributed by atoms with Crippen LogP contribution in [0.15, 0.2) is 66.2 Å². The van der Waals surface area contributed by atoms with Gasteiger partial charge in [-0.05, 0) is 60.1 Å². The summed E-state index contributed by atoms with van der Waals surface area (Å²) in [6, 6.07) is 6.99. The van der Waals surface area contributed by atoms with Gasteiger partial charge in [0, 0.05) is 23.9 Å². The van der Waals surface area contributed by atoms with Gasteiger partial charge in [0.05, 0.1) is 12.2 Å². The largest absolute Gasteiger partial charge is 0.447 e. The van der Waals surface area contributed by atoms with Gasteiger partial charge in [0.2, 0.25) is 0 Å². The van der Waals surface area contributed by atoms with E-state index in [4.69, 9.17) is 10.5 Å². The summed E-state index contributed by atoms with van der Waals surface area (Å²) in [6.07, 6.45) is -6.70. The molecule has 1 aliphatic rings. The van der Waals surface area contributed by atoms with Crippen LogP contribution in [0.25, 0.3) is 16.8 Å². The number of hydrogen-bond acceptors (Lipinski definition) is 7. The number of ether oxygens (including phenoxy) is 1. The van der Waals surface area contributed by atoms with Crippen molar-refractivity contribution in [2.24, 2.45) is 16.1 Å². The molecule has 12 nitrogen and oxygen atoms in total. The molecule has 2 aromatic heterocycles. The molecule has 54 heavy (non-hydrogen) atoms. The van der Waals surface area contributed by atoms with E-state index < -0.39 is 85.5 Å². The fourth-order valence-electron chi connectivity index (χ4n) is 5.32. The van der Waals surface area contributed by atoms with Gasteiger partial charge in [0.25, 0.3) is 12.3 Å². The minimum absolute atomic E-state index is 0.0592. The number of nitrogens with zero attached hydrogens (tertiary/aromatic N) is 7. The Kier molecular flexibility index (Phi) is 11.3. The molecule has 0 radical (unpaired) electrons. The summed E-state index contributed by atoms with van der Waals surface area (Å²) in [5, 5.41) is 9.10. The van der Waals surface area contributed by atoms with Crippen LogP contribution in [0.3, 0.4) is 0 Å². The van der Waals surface area contributed by atoms with E-state index in [1.54, 1.807) is 0 Å². The number of alkyl halides is 7. The minimum Gasteiger partial charge on any atom is -0.447 e. The molecule has 1 aliphatic carbocycles. The Balaban J connectivity index is 1.58. The van der Waals surface area contributed by atoms with Crippen molar-refractivity contribution in [3.8, 4) is 16.8 Å². The quantitative estimate of drug-likeness (QED) is 0.0871. The Bertz CT molecular complexity index is 1980. The number of benzene rings is 2. The Morgan fingerprint density at radius 1 is 1.04 bits per heavy atom. The van der Waals surface area contributed by atoms with E-state index in [-0.39, 0.29) is 23.1 Å². The molecule has 1 saturated carbocycles. The first kappa shape index (κ1) is 39.6. The van der Waals surface area contributed by atoms with Crippen LogP contribution in [0.4, 0.5) is 39.9 Å². The highest BCUT2D eigenvalue weighted by Gasteiger charge is 2.64. The molecule has 3 N–H and O–H groups in total. The van der Waals surface area contributed by atoms with Gasteiger partial charge in [-0.1, -0.05) is 39.0 Å². The highest BCUT2D eigenvalue weighted by molar-refractivity contribution is 6.06. The monoisotopic (exact) mass is 769 g/mol. The second-order valence-electron chi connectivity index (χ2n) is 13.7. The van der Waals surface area contributed by atoms with Crippen LogP contribution in [0.2, 0.25) is 0 Å². The molecule has 0 aliphatic heterocycles. The maximum absolute atomic E-state index is 15.2. The number of aliphatic imine (C=N–C) groups is 1. The smallest absolute Gasteiger partial charge is 0.411 e. The number of guanidine groups is 1. The number of alkyl carbamates (subject to hydrolysis) is 1. The van der Waals surface area contributed by atoms with Gasteiger partial charge in [-0.25, -0.2) is 32.3 Å². The minimum atomic E-state index is -4.78. The summed E-state index contributed by atoms with van der Waals surface area (Å²) < 4.78 is 116. The predicted molar refractivity (Wildman–Crippen MR) is 177 cm³/mol. The van der Waals surface area contributed by atoms with Gasteiger partial charge in [-0.15, -0.1) is 0 Å². The molecule has 0 unspecified atom stereocenters. The molecule has 20 heteroatoms. The summed E-state index contributed by atoms with van der Waals surface area (Å²) in [4.78, 5) is 35.9. The van der Waals surface area contributed by atoms with Crippen LogP contribution in [0.1, 0.15) is 80.8 Å². The van der Waals surface area contributed by atoms with Crippen molar-refractivity contribution in [1.82, 2.24) is 34.8 Å². The van der Waals surface area contributed by atoms with Crippen molar-refractivity contribution in [1.29, 1.82) is 0 Å². The number of hydrogen-bond donors (Lipinski definition) is 2. The molecule has 5 rings (SSSR count). The van der Waals surface area contributed by atoms with Crippen molar-refractivity contribution in [2.75, 3.05) is 13.2 Å². The molecule has 0 spiro atoms. The maximum atomic E-state index is 15.2. The molecular weight excluding hydrogens is 734 g/mol. The molecule has 4 aromatic rings. The SMILES string of the molecule is CC(C)(C)CCN=C(N)N(C(=O)c1ccc(-c2cnn(C(F)F)c2)cc1)[C@H](COC(=O)NC1(C(F)(F)F)CC1)c1ccc(F)c(-n2ncnc2C(F)F)c1. The van der Waals surface area contributed by atoms with E-state index in [9.17, 15) is 40.3 Å². The lowest BCUT2D eigenvalue weighted by atomic mass is 9.92. The van der Waals surface area contributed by atoms with Crippen molar-refractivity contribution in [2.45, 2.75) is 70.8 Å². The van der Waals surface area contributed by atoms with Gasteiger partial charge < -0.3 is 15.8 Å². The highest BCUT2D eigenvalue weighted by atomic mass is 19.4. The fourth-order valence-corrected chi connectivity index (χ4v) is 5.32. The molecule has 2 heterocycles. The fraction of sp³-hybridized carbons (Fsp3) is 0.412. The molecule has 0 bridgehead atoms. The lowest BCUT2D eigenvalue weighted by Gasteiger charge is -2.32.